The fraction of sp³-hybridized carbons (Fsp3) is 0.588. The van der Waals surface area contributed by atoms with E-state index in [9.17, 15) is 4.79 Å². The van der Waals surface area contributed by atoms with Crippen LogP contribution in [-0.4, -0.2) is 65.9 Å². The zero-order valence-electron chi connectivity index (χ0n) is 13.5. The zero-order chi connectivity index (χ0) is 15.9. The summed E-state index contributed by atoms with van der Waals surface area (Å²) >= 11 is 1.68. The number of likely N-dealkylation sites (N-methyl/N-ethyl adjacent to an activating group) is 1. The normalized spacial score (nSPS) is 19.4. The molecule has 0 aromatic heterocycles. The molecule has 0 radical (unpaired) electrons. The third-order valence-corrected chi connectivity index (χ3v) is 5.30. The number of benzene rings is 1. The van der Waals surface area contributed by atoms with Crippen LogP contribution in [0, 0.1) is 6.92 Å². The highest BCUT2D eigenvalue weighted by atomic mass is 32.2. The van der Waals surface area contributed by atoms with Gasteiger partial charge in [0.1, 0.15) is 0 Å². The van der Waals surface area contributed by atoms with Gasteiger partial charge >= 0.3 is 0 Å². The Balaban J connectivity index is 1.78. The molecule has 0 spiro atoms. The lowest BCUT2D eigenvalue weighted by Gasteiger charge is -2.39. The monoisotopic (exact) mass is 322 g/mol. The first-order valence-corrected chi connectivity index (χ1v) is 8.98. The molecule has 1 aliphatic rings. The highest BCUT2D eigenvalue weighted by Gasteiger charge is 2.26. The van der Waals surface area contributed by atoms with E-state index < -0.39 is 0 Å². The van der Waals surface area contributed by atoms with Crippen molar-refractivity contribution in [2.24, 2.45) is 0 Å². The van der Waals surface area contributed by atoms with Crippen LogP contribution >= 0.6 is 11.8 Å². The smallest absolute Gasteiger partial charge is 0.232 e. The summed E-state index contributed by atoms with van der Waals surface area (Å²) in [6.07, 6.45) is 0.733. The maximum atomic E-state index is 12.4. The Morgan fingerprint density at radius 2 is 2.14 bits per heavy atom. The molecule has 122 valence electrons. The number of aryl methyl sites for hydroxylation is 1. The van der Waals surface area contributed by atoms with Gasteiger partial charge in [0.15, 0.2) is 0 Å². The number of piperazine rings is 1. The molecule has 1 aromatic rings. The SMILES string of the molecule is Cc1ccccc1CSCC(=O)N1CCN(C)C(CCO)C1. The molecule has 0 bridgehead atoms. The van der Waals surface area contributed by atoms with Crippen molar-refractivity contribution in [2.75, 3.05) is 39.0 Å². The molecule has 1 aliphatic heterocycles. The van der Waals surface area contributed by atoms with Crippen LogP contribution in [0.1, 0.15) is 17.5 Å². The third-order valence-electron chi connectivity index (χ3n) is 4.34. The maximum absolute atomic E-state index is 12.4. The van der Waals surface area contributed by atoms with Crippen molar-refractivity contribution in [1.29, 1.82) is 0 Å². The van der Waals surface area contributed by atoms with Crippen LogP contribution in [-0.2, 0) is 10.5 Å². The number of carbonyl (C=O) groups is 1. The molecule has 4 nitrogen and oxygen atoms in total. The van der Waals surface area contributed by atoms with E-state index in [4.69, 9.17) is 5.11 Å². The fourth-order valence-electron chi connectivity index (χ4n) is 2.74. The molecule has 0 saturated carbocycles. The number of hydrogen-bond donors (Lipinski definition) is 1. The predicted octanol–water partition coefficient (Wildman–Crippen LogP) is 1.75. The van der Waals surface area contributed by atoms with Gasteiger partial charge in [0.05, 0.1) is 5.75 Å². The van der Waals surface area contributed by atoms with Gasteiger partial charge in [-0.15, -0.1) is 11.8 Å². The van der Waals surface area contributed by atoms with E-state index in [1.54, 1.807) is 11.8 Å². The quantitative estimate of drug-likeness (QED) is 0.867. The van der Waals surface area contributed by atoms with Crippen molar-refractivity contribution in [2.45, 2.75) is 25.1 Å². The van der Waals surface area contributed by atoms with E-state index in [-0.39, 0.29) is 18.6 Å². The molecule has 1 unspecified atom stereocenters. The molecule has 0 aliphatic carbocycles. The van der Waals surface area contributed by atoms with Crippen molar-refractivity contribution in [3.63, 3.8) is 0 Å². The zero-order valence-corrected chi connectivity index (χ0v) is 14.3. The van der Waals surface area contributed by atoms with Crippen LogP contribution < -0.4 is 0 Å². The summed E-state index contributed by atoms with van der Waals surface area (Å²) in [5.74, 6) is 1.63. The molecular weight excluding hydrogens is 296 g/mol. The minimum absolute atomic E-state index is 0.180. The van der Waals surface area contributed by atoms with Crippen LogP contribution in [0.5, 0.6) is 0 Å². The van der Waals surface area contributed by atoms with Gasteiger partial charge in [-0.2, -0.15) is 0 Å². The first-order valence-electron chi connectivity index (χ1n) is 7.83. The van der Waals surface area contributed by atoms with E-state index >= 15 is 0 Å². The second-order valence-electron chi connectivity index (χ2n) is 5.91. The van der Waals surface area contributed by atoms with Crippen LogP contribution in [0.3, 0.4) is 0 Å². The standard InChI is InChI=1S/C17H26N2O2S/c1-14-5-3-4-6-15(14)12-22-13-17(21)19-9-8-18(2)16(11-19)7-10-20/h3-6,16,20H,7-13H2,1-2H3. The molecule has 1 saturated heterocycles. The number of aliphatic hydroxyl groups excluding tert-OH is 1. The molecule has 1 amide bonds. The Morgan fingerprint density at radius 3 is 2.86 bits per heavy atom. The molecule has 5 heteroatoms. The second-order valence-corrected chi connectivity index (χ2v) is 6.89. The maximum Gasteiger partial charge on any atom is 0.232 e. The van der Waals surface area contributed by atoms with Crippen molar-refractivity contribution in [1.82, 2.24) is 9.80 Å². The summed E-state index contributed by atoms with van der Waals surface area (Å²) in [5.41, 5.74) is 2.59. The number of nitrogens with zero attached hydrogens (tertiary/aromatic N) is 2. The number of aliphatic hydroxyl groups is 1. The lowest BCUT2D eigenvalue weighted by Crippen LogP contribution is -2.53. The Morgan fingerprint density at radius 1 is 1.36 bits per heavy atom. The number of amides is 1. The van der Waals surface area contributed by atoms with Crippen LogP contribution in [0.15, 0.2) is 24.3 Å². The van der Waals surface area contributed by atoms with Gasteiger partial charge in [-0.1, -0.05) is 24.3 Å². The molecular formula is C17H26N2O2S. The lowest BCUT2D eigenvalue weighted by atomic mass is 10.1. The molecule has 1 heterocycles. The fourth-order valence-corrected chi connectivity index (χ4v) is 3.75. The molecule has 1 fully saturated rings. The number of carbonyl (C=O) groups excluding carboxylic acids is 1. The molecule has 2 rings (SSSR count). The molecule has 22 heavy (non-hydrogen) atoms. The van der Waals surface area contributed by atoms with Gasteiger partial charge < -0.3 is 10.0 Å². The number of thioether (sulfide) groups is 1. The molecule has 1 atom stereocenters. The van der Waals surface area contributed by atoms with Gasteiger partial charge in [0, 0.05) is 38.0 Å². The van der Waals surface area contributed by atoms with Crippen molar-refractivity contribution >= 4 is 17.7 Å². The lowest BCUT2D eigenvalue weighted by molar-refractivity contribution is -0.131. The second kappa shape index (κ2) is 8.56. The van der Waals surface area contributed by atoms with E-state index in [2.05, 4.69) is 31.0 Å². The summed E-state index contributed by atoms with van der Waals surface area (Å²) in [5, 5.41) is 9.12. The van der Waals surface area contributed by atoms with Gasteiger partial charge in [-0.3, -0.25) is 9.69 Å². The topological polar surface area (TPSA) is 43.8 Å². The third kappa shape index (κ3) is 4.73. The average Bonchev–Trinajstić information content (AvgIpc) is 2.51. The van der Waals surface area contributed by atoms with E-state index in [1.807, 2.05) is 17.0 Å². The minimum Gasteiger partial charge on any atom is -0.396 e. The largest absolute Gasteiger partial charge is 0.396 e. The van der Waals surface area contributed by atoms with Crippen LogP contribution in [0.2, 0.25) is 0 Å². The van der Waals surface area contributed by atoms with Crippen LogP contribution in [0.25, 0.3) is 0 Å². The van der Waals surface area contributed by atoms with Gasteiger partial charge in [0.25, 0.3) is 0 Å². The highest BCUT2D eigenvalue weighted by Crippen LogP contribution is 2.17. The van der Waals surface area contributed by atoms with Gasteiger partial charge in [0.2, 0.25) is 5.91 Å². The van der Waals surface area contributed by atoms with Gasteiger partial charge in [-0.25, -0.2) is 0 Å². The van der Waals surface area contributed by atoms with Crippen molar-refractivity contribution in [3.8, 4) is 0 Å². The average molecular weight is 322 g/mol. The molecule has 1 aromatic carbocycles. The molecule has 1 N–H and O–H groups in total. The summed E-state index contributed by atoms with van der Waals surface area (Å²) in [6, 6.07) is 8.60. The minimum atomic E-state index is 0.180. The first-order chi connectivity index (χ1) is 10.6. The summed E-state index contributed by atoms with van der Waals surface area (Å²) < 4.78 is 0. The number of rotatable bonds is 6. The summed E-state index contributed by atoms with van der Waals surface area (Å²) in [6.45, 7) is 4.71. The summed E-state index contributed by atoms with van der Waals surface area (Å²) in [4.78, 5) is 16.5. The van der Waals surface area contributed by atoms with Crippen molar-refractivity contribution in [3.05, 3.63) is 35.4 Å². The summed E-state index contributed by atoms with van der Waals surface area (Å²) in [7, 11) is 2.06. The van der Waals surface area contributed by atoms with Gasteiger partial charge in [-0.05, 0) is 31.5 Å². The Kier molecular flexibility index (Phi) is 6.73. The van der Waals surface area contributed by atoms with Crippen LogP contribution in [0.4, 0.5) is 0 Å². The Bertz CT molecular complexity index is 495. The number of hydrogen-bond acceptors (Lipinski definition) is 4. The Labute approximate surface area is 137 Å². The van der Waals surface area contributed by atoms with E-state index in [0.717, 1.165) is 31.8 Å². The van der Waals surface area contributed by atoms with Crippen molar-refractivity contribution < 1.29 is 9.90 Å². The highest BCUT2D eigenvalue weighted by molar-refractivity contribution is 7.99. The van der Waals surface area contributed by atoms with E-state index in [1.165, 1.54) is 11.1 Å². The predicted molar refractivity (Wildman–Crippen MR) is 92.0 cm³/mol. The first kappa shape index (κ1) is 17.3. The van der Waals surface area contributed by atoms with E-state index in [0.29, 0.717) is 5.75 Å². The Hall–Kier alpha value is -1.04.